The van der Waals surface area contributed by atoms with E-state index in [-0.39, 0.29) is 26.6 Å². The van der Waals surface area contributed by atoms with E-state index in [0.29, 0.717) is 33.2 Å². The van der Waals surface area contributed by atoms with Crippen molar-refractivity contribution in [3.8, 4) is 11.4 Å². The molecule has 35 heavy (non-hydrogen) atoms. The van der Waals surface area contributed by atoms with Crippen molar-refractivity contribution >= 4 is 68.0 Å². The van der Waals surface area contributed by atoms with Crippen molar-refractivity contribution in [3.63, 3.8) is 0 Å². The maximum Gasteiger partial charge on any atom is 0.242 e. The average molecular weight is 525 g/mol. The van der Waals surface area contributed by atoms with E-state index >= 15 is 0 Å². The molecule has 0 saturated carbocycles. The molecule has 170 valence electrons. The number of fused-ring (bicyclic) bond motifs is 2. The third-order valence-electron chi connectivity index (χ3n) is 4.81. The smallest absolute Gasteiger partial charge is 0.242 e. The van der Waals surface area contributed by atoms with Crippen LogP contribution in [0, 0.1) is 24.8 Å². The van der Waals surface area contributed by atoms with Crippen LogP contribution in [0.1, 0.15) is 0 Å². The predicted molar refractivity (Wildman–Crippen MR) is 134 cm³/mol. The van der Waals surface area contributed by atoms with Crippen LogP contribution in [0.5, 0.6) is 0 Å². The standard InChI is InChI=1S/C15H7ClFN3.C10H3Cl2FN2/c1-18-15-13(16)10-6-5-9(17)8-12(10)20-14(15)11-4-2-3-7-19-11;1-14-9-8(11)6-3-2-5(13)4-7(6)15-10(9)12/h2-8H;2-4H. The highest BCUT2D eigenvalue weighted by molar-refractivity contribution is 6.42. The Balaban J connectivity index is 0.000000172. The van der Waals surface area contributed by atoms with Gasteiger partial charge in [-0.25, -0.2) is 23.5 Å². The molecule has 5 nitrogen and oxygen atoms in total. The van der Waals surface area contributed by atoms with Crippen molar-refractivity contribution in [2.24, 2.45) is 0 Å². The molecule has 5 rings (SSSR count). The van der Waals surface area contributed by atoms with Crippen molar-refractivity contribution in [2.75, 3.05) is 0 Å². The number of nitrogens with zero attached hydrogens (tertiary/aromatic N) is 5. The molecule has 0 aliphatic heterocycles. The Labute approximate surface area is 213 Å². The molecule has 0 saturated heterocycles. The molecule has 3 aromatic heterocycles. The van der Waals surface area contributed by atoms with Gasteiger partial charge in [0, 0.05) is 29.1 Å². The summed E-state index contributed by atoms with van der Waals surface area (Å²) in [5.74, 6) is -0.818. The second-order valence-corrected chi connectivity index (χ2v) is 8.06. The highest BCUT2D eigenvalue weighted by Gasteiger charge is 2.16. The zero-order chi connectivity index (χ0) is 25.1. The van der Waals surface area contributed by atoms with E-state index in [0.717, 1.165) is 0 Å². The molecule has 0 bridgehead atoms. The Kier molecular flexibility index (Phi) is 7.04. The lowest BCUT2D eigenvalue weighted by molar-refractivity contribution is 0.629. The van der Waals surface area contributed by atoms with Gasteiger partial charge in [-0.15, -0.1) is 0 Å². The lowest BCUT2D eigenvalue weighted by Crippen LogP contribution is -1.91. The van der Waals surface area contributed by atoms with Gasteiger partial charge in [0.1, 0.15) is 16.8 Å². The Morgan fingerprint density at radius 3 is 1.83 bits per heavy atom. The van der Waals surface area contributed by atoms with Gasteiger partial charge < -0.3 is 0 Å². The van der Waals surface area contributed by atoms with Gasteiger partial charge in [0.05, 0.1) is 45.6 Å². The van der Waals surface area contributed by atoms with Crippen LogP contribution in [0.2, 0.25) is 15.2 Å². The Morgan fingerprint density at radius 2 is 1.29 bits per heavy atom. The fourth-order valence-corrected chi connectivity index (χ4v) is 4.09. The molecular weight excluding hydrogens is 515 g/mol. The van der Waals surface area contributed by atoms with Crippen LogP contribution in [0.25, 0.3) is 42.9 Å². The third kappa shape index (κ3) is 4.84. The number of hydrogen-bond acceptors (Lipinski definition) is 3. The summed E-state index contributed by atoms with van der Waals surface area (Å²) in [5, 5.41) is 1.55. The first kappa shape index (κ1) is 24.3. The van der Waals surface area contributed by atoms with E-state index in [9.17, 15) is 8.78 Å². The lowest BCUT2D eigenvalue weighted by Gasteiger charge is -2.08. The van der Waals surface area contributed by atoms with Gasteiger partial charge >= 0.3 is 0 Å². The molecular formula is C25H10Cl3F2N5. The largest absolute Gasteiger partial charge is 0.258 e. The molecule has 2 aromatic carbocycles. The molecule has 0 spiro atoms. The maximum atomic E-state index is 13.3. The highest BCUT2D eigenvalue weighted by atomic mass is 35.5. The summed E-state index contributed by atoms with van der Waals surface area (Å²) < 4.78 is 26.2. The molecule has 10 heteroatoms. The van der Waals surface area contributed by atoms with Crippen LogP contribution in [0.4, 0.5) is 20.2 Å². The van der Waals surface area contributed by atoms with Gasteiger partial charge in [-0.05, 0) is 36.4 Å². The van der Waals surface area contributed by atoms with Gasteiger partial charge in [-0.2, -0.15) is 0 Å². The molecule has 0 amide bonds. The first-order chi connectivity index (χ1) is 16.8. The molecule has 0 radical (unpaired) electrons. The van der Waals surface area contributed by atoms with Gasteiger partial charge in [0.15, 0.2) is 0 Å². The summed E-state index contributed by atoms with van der Waals surface area (Å²) in [6, 6.07) is 13.4. The summed E-state index contributed by atoms with van der Waals surface area (Å²) in [4.78, 5) is 19.0. The zero-order valence-corrected chi connectivity index (χ0v) is 19.7. The maximum absolute atomic E-state index is 13.3. The fraction of sp³-hybridized carbons (Fsp3) is 0. The van der Waals surface area contributed by atoms with Crippen LogP contribution < -0.4 is 0 Å². The van der Waals surface area contributed by atoms with Crippen molar-refractivity contribution in [1.29, 1.82) is 0 Å². The summed E-state index contributed by atoms with van der Waals surface area (Å²) >= 11 is 17.9. The van der Waals surface area contributed by atoms with E-state index in [2.05, 4.69) is 24.6 Å². The van der Waals surface area contributed by atoms with Gasteiger partial charge in [-0.1, -0.05) is 40.9 Å². The molecule has 0 atom stereocenters. The second-order valence-electron chi connectivity index (χ2n) is 6.95. The lowest BCUT2D eigenvalue weighted by atomic mass is 10.1. The minimum absolute atomic E-state index is 0.00639. The van der Waals surface area contributed by atoms with Gasteiger partial charge in [0.2, 0.25) is 11.4 Å². The minimum atomic E-state index is -0.419. The van der Waals surface area contributed by atoms with Gasteiger partial charge in [-0.3, -0.25) is 9.97 Å². The van der Waals surface area contributed by atoms with Crippen molar-refractivity contribution in [1.82, 2.24) is 15.0 Å². The van der Waals surface area contributed by atoms with E-state index in [1.165, 1.54) is 36.4 Å². The molecule has 0 N–H and O–H groups in total. The molecule has 0 unspecified atom stereocenters. The number of pyridine rings is 3. The summed E-state index contributed by atoms with van der Waals surface area (Å²) in [6.07, 6.45) is 1.61. The molecule has 5 aromatic rings. The highest BCUT2D eigenvalue weighted by Crippen LogP contribution is 2.39. The zero-order valence-electron chi connectivity index (χ0n) is 17.4. The number of aromatic nitrogens is 3. The quantitative estimate of drug-likeness (QED) is 0.162. The van der Waals surface area contributed by atoms with Crippen molar-refractivity contribution in [3.05, 3.63) is 110 Å². The molecule has 0 aliphatic rings. The topological polar surface area (TPSA) is 47.4 Å². The number of halogens is 5. The van der Waals surface area contributed by atoms with E-state index < -0.39 is 11.6 Å². The average Bonchev–Trinajstić information content (AvgIpc) is 2.84. The van der Waals surface area contributed by atoms with Crippen LogP contribution in [0.15, 0.2) is 60.8 Å². The van der Waals surface area contributed by atoms with Crippen LogP contribution >= 0.6 is 34.8 Å². The van der Waals surface area contributed by atoms with E-state index in [1.807, 2.05) is 0 Å². The number of hydrogen-bond donors (Lipinski definition) is 0. The first-order valence-corrected chi connectivity index (χ1v) is 10.9. The second kappa shape index (κ2) is 10.2. The SMILES string of the molecule is [C-]#[N+]c1c(-c2ccccn2)nc2cc(F)ccc2c1Cl.[C-]#[N+]c1c(Cl)nc2cc(F)ccc2c1Cl. The Bertz CT molecular complexity index is 1680. The summed E-state index contributed by atoms with van der Waals surface area (Å²) in [6.45, 7) is 14.2. The van der Waals surface area contributed by atoms with E-state index in [4.69, 9.17) is 47.9 Å². The molecule has 0 aliphatic carbocycles. The molecule has 0 fully saturated rings. The van der Waals surface area contributed by atoms with Crippen molar-refractivity contribution < 1.29 is 8.78 Å². The fourth-order valence-electron chi connectivity index (χ4n) is 3.23. The van der Waals surface area contributed by atoms with E-state index in [1.54, 1.807) is 24.4 Å². The molecule has 3 heterocycles. The minimum Gasteiger partial charge on any atom is -0.258 e. The van der Waals surface area contributed by atoms with Crippen LogP contribution in [0.3, 0.4) is 0 Å². The normalized spacial score (nSPS) is 10.4. The summed E-state index contributed by atoms with van der Waals surface area (Å²) in [5.41, 5.74) is 1.97. The predicted octanol–water partition coefficient (Wildman–Crippen LogP) is 8.87. The summed E-state index contributed by atoms with van der Waals surface area (Å²) in [7, 11) is 0. The van der Waals surface area contributed by atoms with Crippen LogP contribution in [-0.2, 0) is 0 Å². The monoisotopic (exact) mass is 523 g/mol. The number of rotatable bonds is 1. The Hall–Kier alpha value is -3.88. The van der Waals surface area contributed by atoms with Gasteiger partial charge in [0.25, 0.3) is 0 Å². The first-order valence-electron chi connectivity index (χ1n) is 9.73. The third-order valence-corrected chi connectivity index (χ3v) is 5.84. The van der Waals surface area contributed by atoms with Crippen LogP contribution in [-0.4, -0.2) is 15.0 Å². The number of benzene rings is 2. The van der Waals surface area contributed by atoms with Crippen molar-refractivity contribution in [2.45, 2.75) is 0 Å². The Morgan fingerprint density at radius 1 is 0.714 bits per heavy atom.